The van der Waals surface area contributed by atoms with Gasteiger partial charge in [-0.3, -0.25) is 67.7 Å². The fourth-order valence-corrected chi connectivity index (χ4v) is 9.00. The fourth-order valence-electron chi connectivity index (χ4n) is 8.34. The highest BCUT2D eigenvalue weighted by atomic mass is 32.2. The molecule has 1 unspecified atom stereocenters. The van der Waals surface area contributed by atoms with Crippen molar-refractivity contribution in [3.63, 3.8) is 0 Å². The summed E-state index contributed by atoms with van der Waals surface area (Å²) in [5.41, 5.74) is 2.27. The summed E-state index contributed by atoms with van der Waals surface area (Å²) in [6, 6.07) is 10.9. The van der Waals surface area contributed by atoms with Crippen molar-refractivity contribution in [3.05, 3.63) is 77.4 Å². The zero-order chi connectivity index (χ0) is 55.7. The molecule has 0 aliphatic carbocycles. The van der Waals surface area contributed by atoms with Crippen LogP contribution in [-0.2, 0) is 56.1 Å². The van der Waals surface area contributed by atoms with E-state index < -0.39 is 90.6 Å². The highest BCUT2D eigenvalue weighted by Gasteiger charge is 2.29. The minimum Gasteiger partial charge on any atom is -0.480 e. The predicted molar refractivity (Wildman–Crippen MR) is 281 cm³/mol. The summed E-state index contributed by atoms with van der Waals surface area (Å²) in [4.78, 5) is 130. The number of thiocarbonyl (C=S) groups is 1. The summed E-state index contributed by atoms with van der Waals surface area (Å²) in [7, 11) is 0. The number of carbonyl (C=O) groups is 10. The summed E-state index contributed by atoms with van der Waals surface area (Å²) in [5.74, 6) is -8.12. The van der Waals surface area contributed by atoms with Crippen LogP contribution in [-0.4, -0.2) is 230 Å². The lowest BCUT2D eigenvalue weighted by molar-refractivity contribution is -0.142. The molecule has 5 amide bonds. The van der Waals surface area contributed by atoms with E-state index in [2.05, 4.69) is 26.6 Å². The topological polar surface area (TPSA) is 348 Å². The van der Waals surface area contributed by atoms with Gasteiger partial charge in [-0.05, 0) is 91.7 Å². The fraction of sp³-hybridized carbons (Fsp3) is 0.490. The Labute approximate surface area is 448 Å². The Morgan fingerprint density at radius 3 is 1.87 bits per heavy atom. The van der Waals surface area contributed by atoms with Gasteiger partial charge in [0.2, 0.25) is 11.8 Å². The van der Waals surface area contributed by atoms with Crippen LogP contribution < -0.4 is 26.6 Å². The van der Waals surface area contributed by atoms with Gasteiger partial charge in [-0.1, -0.05) is 24.3 Å². The minimum absolute atomic E-state index is 0.0137. The number of unbranched alkanes of at least 4 members (excludes halogenated alkanes) is 1. The number of carbonyl (C=O) groups excluding carboxylic acids is 5. The first-order valence-corrected chi connectivity index (χ1v) is 26.1. The Bertz CT molecular complexity index is 2410. The van der Waals surface area contributed by atoms with Crippen LogP contribution in [0, 0.1) is 0 Å². The monoisotopic (exact) mass is 1100 g/mol. The molecule has 25 nitrogen and oxygen atoms in total. The number of hydrogen-bond donors (Lipinski definition) is 10. The molecule has 1 saturated heterocycles. The van der Waals surface area contributed by atoms with Gasteiger partial charge in [0.05, 0.1) is 32.7 Å². The average molecular weight is 1100 g/mol. The van der Waals surface area contributed by atoms with E-state index in [9.17, 15) is 73.5 Å². The van der Waals surface area contributed by atoms with E-state index in [1.165, 1.54) is 11.8 Å². The van der Waals surface area contributed by atoms with Crippen LogP contribution in [0.1, 0.15) is 47.2 Å². The zero-order valence-corrected chi connectivity index (χ0v) is 43.7. The van der Waals surface area contributed by atoms with E-state index in [1.54, 1.807) is 68.1 Å². The van der Waals surface area contributed by atoms with Crippen LogP contribution in [0.4, 0.5) is 5.69 Å². The third-order valence-electron chi connectivity index (χ3n) is 12.2. The standard InChI is InChI=1S/C49H66N10O15S2/c1-76-22-14-37(47(72)50-26-39(60)53-38(48(73)74)7-2-3-15-59-40(61)12-13-41(59)62)54-46(71)34-6-4-5-33(23-34)25-51-49(75)52-35-10-8-32(9-11-35)24-36-27-57(30-44(67)68)19-18-55(28-42(63)64)16-17-56(29-43(65)66)20-21-58(36)31-45(69)70/h4-6,8-13,23,36-38H,2-3,7,14-22,24-31H2,1H3,(H,50,72)(H,53,60)(H,54,71)(H,63,64)(H,65,66)(H,67,68)(H,69,70)(H,73,74)(H2,51,52,75)/t36?,37-,38-/m0/s1. The highest BCUT2D eigenvalue weighted by molar-refractivity contribution is 7.98. The van der Waals surface area contributed by atoms with Crippen molar-refractivity contribution < 1.29 is 73.5 Å². The number of rotatable bonds is 28. The lowest BCUT2D eigenvalue weighted by Crippen LogP contribution is -2.53. The molecule has 0 aromatic heterocycles. The summed E-state index contributed by atoms with van der Waals surface area (Å²) in [6.07, 6.45) is 5.25. The highest BCUT2D eigenvalue weighted by Crippen LogP contribution is 2.17. The molecule has 1 fully saturated rings. The molecule has 2 heterocycles. The Morgan fingerprint density at radius 1 is 0.684 bits per heavy atom. The van der Waals surface area contributed by atoms with Gasteiger partial charge in [0.1, 0.15) is 12.1 Å². The summed E-state index contributed by atoms with van der Waals surface area (Å²) < 4.78 is 0. The Morgan fingerprint density at radius 2 is 1.28 bits per heavy atom. The molecule has 2 aliphatic heterocycles. The Hall–Kier alpha value is -7.04. The molecular formula is C49H66N10O15S2. The van der Waals surface area contributed by atoms with Crippen molar-refractivity contribution in [2.75, 3.05) is 102 Å². The molecule has 0 saturated carbocycles. The molecule has 2 aromatic carbocycles. The second kappa shape index (κ2) is 31.8. The molecular weight excluding hydrogens is 1030 g/mol. The molecule has 3 atom stereocenters. The van der Waals surface area contributed by atoms with Crippen molar-refractivity contribution in [1.29, 1.82) is 0 Å². The number of imide groups is 1. The number of nitrogens with zero attached hydrogens (tertiary/aromatic N) is 5. The third-order valence-corrected chi connectivity index (χ3v) is 13.1. The summed E-state index contributed by atoms with van der Waals surface area (Å²) in [5, 5.41) is 62.4. The van der Waals surface area contributed by atoms with Crippen LogP contribution in [0.15, 0.2) is 60.7 Å². The van der Waals surface area contributed by atoms with Gasteiger partial charge in [0.25, 0.3) is 17.7 Å². The van der Waals surface area contributed by atoms with Gasteiger partial charge < -0.3 is 52.1 Å². The number of aliphatic carboxylic acids is 5. The molecule has 2 aliphatic rings. The van der Waals surface area contributed by atoms with Crippen molar-refractivity contribution >= 4 is 94.2 Å². The molecule has 0 spiro atoms. The van der Waals surface area contributed by atoms with E-state index in [1.807, 2.05) is 6.26 Å². The molecule has 10 N–H and O–H groups in total. The van der Waals surface area contributed by atoms with Gasteiger partial charge in [0, 0.05) is 88.3 Å². The van der Waals surface area contributed by atoms with Crippen molar-refractivity contribution in [1.82, 2.24) is 45.8 Å². The quantitative estimate of drug-likeness (QED) is 0.0285. The van der Waals surface area contributed by atoms with Crippen molar-refractivity contribution in [2.45, 2.75) is 56.8 Å². The predicted octanol–water partition coefficient (Wildman–Crippen LogP) is -0.723. The SMILES string of the molecule is CSCC[C@H](NC(=O)c1cccc(CNC(=S)Nc2ccc(CC3CN(CC(=O)O)CCN(CC(=O)O)CCN(CC(=O)O)CCN3CC(=O)O)cc2)c1)C(=O)NCC(=O)N[C@@H](CCCCN1C(=O)C=CC1=O)C(=O)O. The smallest absolute Gasteiger partial charge is 0.326 e. The van der Waals surface area contributed by atoms with Gasteiger partial charge in [0.15, 0.2) is 5.11 Å². The molecule has 4 rings (SSSR count). The van der Waals surface area contributed by atoms with E-state index in [-0.39, 0.29) is 115 Å². The van der Waals surface area contributed by atoms with Crippen LogP contribution >= 0.6 is 24.0 Å². The lowest BCUT2D eigenvalue weighted by atomic mass is 10.0. The van der Waals surface area contributed by atoms with Gasteiger partial charge >= 0.3 is 29.8 Å². The maximum Gasteiger partial charge on any atom is 0.326 e. The lowest BCUT2D eigenvalue weighted by Gasteiger charge is -2.37. The molecule has 414 valence electrons. The second-order valence-electron chi connectivity index (χ2n) is 18.0. The van der Waals surface area contributed by atoms with Crippen LogP contribution in [0.3, 0.4) is 0 Å². The molecule has 0 bridgehead atoms. The van der Waals surface area contributed by atoms with Crippen molar-refractivity contribution in [2.24, 2.45) is 0 Å². The average Bonchev–Trinajstić information content (AvgIpc) is 3.68. The molecule has 2 aromatic rings. The van der Waals surface area contributed by atoms with Gasteiger partial charge in [-0.2, -0.15) is 11.8 Å². The zero-order valence-electron chi connectivity index (χ0n) is 42.0. The normalized spacial score (nSPS) is 16.9. The summed E-state index contributed by atoms with van der Waals surface area (Å²) in [6.45, 7) is -0.610. The van der Waals surface area contributed by atoms with Gasteiger partial charge in [-0.15, -0.1) is 0 Å². The molecule has 27 heteroatoms. The van der Waals surface area contributed by atoms with Crippen LogP contribution in [0.5, 0.6) is 0 Å². The number of carboxylic acids is 5. The number of thioether (sulfide) groups is 1. The van der Waals surface area contributed by atoms with E-state index in [4.69, 9.17) is 12.2 Å². The van der Waals surface area contributed by atoms with E-state index >= 15 is 0 Å². The summed E-state index contributed by atoms with van der Waals surface area (Å²) >= 11 is 7.00. The number of amides is 5. The first-order chi connectivity index (χ1) is 36.2. The Balaban J connectivity index is 1.33. The number of carboxylic acid groups (broad SMARTS) is 5. The molecule has 0 radical (unpaired) electrons. The largest absolute Gasteiger partial charge is 0.480 e. The van der Waals surface area contributed by atoms with Crippen LogP contribution in [0.2, 0.25) is 0 Å². The van der Waals surface area contributed by atoms with Crippen molar-refractivity contribution in [3.8, 4) is 0 Å². The number of hydrogen-bond acceptors (Lipinski definition) is 16. The van der Waals surface area contributed by atoms with E-state index in [0.29, 0.717) is 23.4 Å². The number of anilines is 1. The second-order valence-corrected chi connectivity index (χ2v) is 19.4. The van der Waals surface area contributed by atoms with E-state index in [0.717, 1.165) is 22.6 Å². The maximum atomic E-state index is 13.5. The number of benzene rings is 2. The minimum atomic E-state index is -1.30. The maximum absolute atomic E-state index is 13.5. The first-order valence-electron chi connectivity index (χ1n) is 24.3. The molecule has 76 heavy (non-hydrogen) atoms. The Kier molecular flexibility index (Phi) is 25.7. The number of nitrogens with one attached hydrogen (secondary N) is 5. The van der Waals surface area contributed by atoms with Gasteiger partial charge in [-0.25, -0.2) is 4.79 Å². The first kappa shape index (κ1) is 61.5. The van der Waals surface area contributed by atoms with Crippen LogP contribution in [0.25, 0.3) is 0 Å². The third kappa shape index (κ3) is 22.4.